The Kier molecular flexibility index (Phi) is 6.15. The molecular weight excluding hydrogens is 484 g/mol. The quantitative estimate of drug-likeness (QED) is 0.471. The molecule has 0 aromatic heterocycles. The van der Waals surface area contributed by atoms with Crippen LogP contribution in [0.2, 0.25) is 5.02 Å². The molecule has 4 fully saturated rings. The highest BCUT2D eigenvalue weighted by molar-refractivity contribution is 6.33. The number of likely N-dealkylation sites (tertiary alicyclic amines) is 1. The molecule has 2 unspecified atom stereocenters. The van der Waals surface area contributed by atoms with Crippen molar-refractivity contribution in [3.63, 3.8) is 0 Å². The van der Waals surface area contributed by atoms with Crippen LogP contribution in [0.5, 0.6) is 0 Å². The number of anilines is 2. The van der Waals surface area contributed by atoms with E-state index in [9.17, 15) is 9.59 Å². The Bertz CT molecular complexity index is 1250. The first kappa shape index (κ1) is 24.3. The molecule has 1 saturated carbocycles. The number of ketones is 1. The van der Waals surface area contributed by atoms with Gasteiger partial charge in [-0.1, -0.05) is 17.7 Å². The van der Waals surface area contributed by atoms with E-state index in [1.165, 1.54) is 5.69 Å². The zero-order valence-electron chi connectivity index (χ0n) is 21.3. The number of halogens is 1. The number of hydrogen-bond acceptors (Lipinski definition) is 4. The molecule has 1 amide bonds. The molecule has 2 aromatic rings. The van der Waals surface area contributed by atoms with E-state index in [1.54, 1.807) is 0 Å². The van der Waals surface area contributed by atoms with E-state index in [0.29, 0.717) is 47.3 Å². The number of rotatable bonds is 3. The van der Waals surface area contributed by atoms with Crippen LogP contribution in [-0.2, 0) is 4.79 Å². The lowest BCUT2D eigenvalue weighted by Crippen LogP contribution is -2.59. The van der Waals surface area contributed by atoms with Gasteiger partial charge in [-0.2, -0.15) is 0 Å². The molecule has 7 heteroatoms. The molecule has 2 aromatic carbocycles. The van der Waals surface area contributed by atoms with E-state index in [-0.39, 0.29) is 11.3 Å². The van der Waals surface area contributed by atoms with Crippen LogP contribution in [0, 0.1) is 17.9 Å². The molecule has 0 bridgehead atoms. The Morgan fingerprint density at radius 1 is 1.08 bits per heavy atom. The number of nitrogens with zero attached hydrogens (tertiary/aromatic N) is 4. The molecular formula is C30H33ClN4O2. The summed E-state index contributed by atoms with van der Waals surface area (Å²) in [6, 6.07) is 14.9. The average Bonchev–Trinajstić information content (AvgIpc) is 3.22. The number of benzene rings is 2. The number of piperidine rings is 1. The Morgan fingerprint density at radius 3 is 2.46 bits per heavy atom. The zero-order valence-corrected chi connectivity index (χ0v) is 22.1. The van der Waals surface area contributed by atoms with Gasteiger partial charge in [0.15, 0.2) is 0 Å². The molecule has 4 aliphatic rings. The van der Waals surface area contributed by atoms with Crippen molar-refractivity contribution in [2.75, 3.05) is 36.0 Å². The Morgan fingerprint density at radius 2 is 1.78 bits per heavy atom. The lowest BCUT2D eigenvalue weighted by atomic mass is 9.68. The lowest BCUT2D eigenvalue weighted by molar-refractivity contribution is -0.125. The fraction of sp³-hybridized carbons (Fsp3) is 0.500. The summed E-state index contributed by atoms with van der Waals surface area (Å²) in [5.74, 6) is 1.04. The van der Waals surface area contributed by atoms with Gasteiger partial charge in [0.25, 0.3) is 5.91 Å². The van der Waals surface area contributed by atoms with Gasteiger partial charge in [-0.15, -0.1) is 0 Å². The molecule has 0 radical (unpaired) electrons. The molecule has 192 valence electrons. The summed E-state index contributed by atoms with van der Waals surface area (Å²) >= 11 is 6.36. The van der Waals surface area contributed by atoms with Gasteiger partial charge >= 0.3 is 0 Å². The summed E-state index contributed by atoms with van der Waals surface area (Å²) in [6.07, 6.45) is 5.40. The number of fused-ring (bicyclic) bond motifs is 1. The molecule has 37 heavy (non-hydrogen) atoms. The smallest absolute Gasteiger partial charge is 0.253 e. The maximum atomic E-state index is 13.0. The van der Waals surface area contributed by atoms with Crippen molar-refractivity contribution in [3.05, 3.63) is 64.5 Å². The van der Waals surface area contributed by atoms with Crippen molar-refractivity contribution < 1.29 is 9.59 Å². The average molecular weight is 517 g/mol. The van der Waals surface area contributed by atoms with Gasteiger partial charge in [-0.3, -0.25) is 9.59 Å². The molecule has 0 N–H and O–H groups in total. The third-order valence-electron chi connectivity index (χ3n) is 9.21. The van der Waals surface area contributed by atoms with Crippen LogP contribution < -0.4 is 9.80 Å². The van der Waals surface area contributed by atoms with Crippen molar-refractivity contribution >= 4 is 40.4 Å². The van der Waals surface area contributed by atoms with E-state index >= 15 is 0 Å². The van der Waals surface area contributed by atoms with Crippen molar-refractivity contribution in [1.29, 1.82) is 0 Å². The van der Waals surface area contributed by atoms with Gasteiger partial charge in [0, 0.05) is 78.5 Å². The summed E-state index contributed by atoms with van der Waals surface area (Å²) in [5, 5.41) is 0.525. The van der Waals surface area contributed by atoms with Crippen LogP contribution in [0.1, 0.15) is 55.8 Å². The standard InChI is InChI=1S/C30H33ClN4O2/c1-20-15-22-17-33(14-11-28(22)35(20)24-7-8-27(32-2)26(31)16-24)23-5-3-21(4-6-23)29(37)34-18-30(19-34)12-9-25(36)10-13-30/h3-8,16,20,22,28H,9-15,17-19H2,1H3/t20-,22?,28?/m0/s1. The van der Waals surface area contributed by atoms with E-state index in [4.69, 9.17) is 18.2 Å². The fourth-order valence-corrected chi connectivity index (χ4v) is 7.42. The highest BCUT2D eigenvalue weighted by Gasteiger charge is 2.47. The predicted molar refractivity (Wildman–Crippen MR) is 147 cm³/mol. The number of carbonyl (C=O) groups is 2. The molecule has 3 atom stereocenters. The lowest BCUT2D eigenvalue weighted by Gasteiger charge is -2.52. The van der Waals surface area contributed by atoms with Gasteiger partial charge in [0.05, 0.1) is 6.57 Å². The van der Waals surface area contributed by atoms with Crippen LogP contribution in [0.4, 0.5) is 17.1 Å². The minimum absolute atomic E-state index is 0.107. The largest absolute Gasteiger partial charge is 0.371 e. The summed E-state index contributed by atoms with van der Waals surface area (Å²) in [4.78, 5) is 35.0. The molecule has 6 rings (SSSR count). The van der Waals surface area contributed by atoms with Gasteiger partial charge in [0.1, 0.15) is 5.78 Å². The Balaban J connectivity index is 1.08. The minimum Gasteiger partial charge on any atom is -0.371 e. The van der Waals surface area contributed by atoms with Crippen LogP contribution in [0.15, 0.2) is 42.5 Å². The summed E-state index contributed by atoms with van der Waals surface area (Å²) in [7, 11) is 0. The maximum Gasteiger partial charge on any atom is 0.253 e. The molecule has 1 spiro atoms. The molecule has 1 aliphatic carbocycles. The third kappa shape index (κ3) is 4.38. The van der Waals surface area contributed by atoms with Gasteiger partial charge in [-0.25, -0.2) is 4.85 Å². The monoisotopic (exact) mass is 516 g/mol. The highest BCUT2D eigenvalue weighted by Crippen LogP contribution is 2.44. The zero-order chi connectivity index (χ0) is 25.7. The highest BCUT2D eigenvalue weighted by atomic mass is 35.5. The number of carbonyl (C=O) groups excluding carboxylic acids is 2. The molecule has 6 nitrogen and oxygen atoms in total. The number of hydrogen-bond donors (Lipinski definition) is 0. The normalized spacial score (nSPS) is 26.6. The Labute approximate surface area is 224 Å². The topological polar surface area (TPSA) is 48.2 Å². The van der Waals surface area contributed by atoms with Gasteiger partial charge in [-0.05, 0) is 74.9 Å². The Hall–Kier alpha value is -3.04. The third-order valence-corrected chi connectivity index (χ3v) is 9.51. The predicted octanol–water partition coefficient (Wildman–Crippen LogP) is 5.97. The van der Waals surface area contributed by atoms with E-state index in [2.05, 4.69) is 33.7 Å². The fourth-order valence-electron chi connectivity index (χ4n) is 7.20. The first-order chi connectivity index (χ1) is 17.9. The molecule has 3 aliphatic heterocycles. The molecule has 3 heterocycles. The van der Waals surface area contributed by atoms with Crippen LogP contribution in [-0.4, -0.2) is 54.9 Å². The van der Waals surface area contributed by atoms with Crippen molar-refractivity contribution in [3.8, 4) is 0 Å². The van der Waals surface area contributed by atoms with Crippen LogP contribution in [0.3, 0.4) is 0 Å². The van der Waals surface area contributed by atoms with E-state index in [1.807, 2.05) is 35.2 Å². The molecule has 3 saturated heterocycles. The summed E-state index contributed by atoms with van der Waals surface area (Å²) < 4.78 is 0. The van der Waals surface area contributed by atoms with E-state index in [0.717, 1.165) is 63.1 Å². The van der Waals surface area contributed by atoms with Crippen LogP contribution in [0.25, 0.3) is 4.85 Å². The summed E-state index contributed by atoms with van der Waals surface area (Å²) in [5.41, 5.74) is 3.73. The van der Waals surface area contributed by atoms with Crippen molar-refractivity contribution in [1.82, 2.24) is 4.90 Å². The second-order valence-corrected chi connectivity index (χ2v) is 12.0. The van der Waals surface area contributed by atoms with E-state index < -0.39 is 0 Å². The summed E-state index contributed by atoms with van der Waals surface area (Å²) in [6.45, 7) is 13.1. The van der Waals surface area contributed by atoms with Gasteiger partial charge in [0.2, 0.25) is 5.69 Å². The number of Topliss-reactive ketones (excluding diaryl/α,β-unsaturated/α-hetero) is 1. The van der Waals surface area contributed by atoms with Crippen LogP contribution >= 0.6 is 11.6 Å². The first-order valence-electron chi connectivity index (χ1n) is 13.5. The van der Waals surface area contributed by atoms with Crippen molar-refractivity contribution in [2.24, 2.45) is 11.3 Å². The second kappa shape index (κ2) is 9.36. The second-order valence-electron chi connectivity index (χ2n) is 11.5. The van der Waals surface area contributed by atoms with Gasteiger partial charge < -0.3 is 14.7 Å². The number of amides is 1. The maximum absolute atomic E-state index is 13.0. The van der Waals surface area contributed by atoms with Crippen molar-refractivity contribution in [2.45, 2.75) is 57.5 Å². The first-order valence-corrected chi connectivity index (χ1v) is 13.8. The SMILES string of the molecule is [C-]#[N+]c1ccc(N2C3CCN(c4ccc(C(=O)N5CC6(CCC(=O)CC6)C5)cc4)CC3C[C@@H]2C)cc1Cl. The minimum atomic E-state index is 0.107.